The zero-order valence-electron chi connectivity index (χ0n) is 22.9. The second-order valence-electron chi connectivity index (χ2n) is 9.88. The molecule has 0 bridgehead atoms. The van der Waals surface area contributed by atoms with Crippen LogP contribution in [-0.4, -0.2) is 59.9 Å². The van der Waals surface area contributed by atoms with E-state index in [0.29, 0.717) is 45.5 Å². The molecular weight excluding hydrogens is 481 g/mol. The third-order valence-corrected chi connectivity index (χ3v) is 6.91. The minimum Gasteiger partial charge on any atom is -0.385 e. The molecule has 0 saturated carbocycles. The Morgan fingerprint density at radius 2 is 1.66 bits per heavy atom. The Labute approximate surface area is 226 Å². The fourth-order valence-electron chi connectivity index (χ4n) is 4.69. The predicted molar refractivity (Wildman–Crippen MR) is 150 cm³/mol. The largest absolute Gasteiger partial charge is 0.385 e. The van der Waals surface area contributed by atoms with Gasteiger partial charge in [0.05, 0.1) is 6.54 Å². The van der Waals surface area contributed by atoms with Crippen LogP contribution in [0.5, 0.6) is 0 Å². The van der Waals surface area contributed by atoms with Gasteiger partial charge in [0.2, 0.25) is 11.8 Å². The summed E-state index contributed by atoms with van der Waals surface area (Å²) in [7, 11) is 1.64. The van der Waals surface area contributed by atoms with Crippen LogP contribution in [0.3, 0.4) is 0 Å². The Morgan fingerprint density at radius 1 is 0.895 bits per heavy atom. The number of benzene rings is 2. The molecule has 0 fully saturated rings. The van der Waals surface area contributed by atoms with Crippen LogP contribution >= 0.6 is 0 Å². The quantitative estimate of drug-likeness (QED) is 0.217. The fraction of sp³-hybridized carbons (Fsp3) is 0.484. The van der Waals surface area contributed by atoms with Gasteiger partial charge in [-0.15, -0.1) is 0 Å². The maximum absolute atomic E-state index is 13.6. The molecule has 0 saturated heterocycles. The molecule has 0 aliphatic rings. The molecule has 0 aliphatic heterocycles. The average molecular weight is 524 g/mol. The lowest BCUT2D eigenvalue weighted by atomic mass is 10.1. The number of aromatic amines is 1. The van der Waals surface area contributed by atoms with Crippen molar-refractivity contribution in [2.24, 2.45) is 0 Å². The van der Waals surface area contributed by atoms with Crippen molar-refractivity contribution in [1.82, 2.24) is 14.8 Å². The van der Waals surface area contributed by atoms with Gasteiger partial charge in [-0.2, -0.15) is 0 Å². The Bertz CT molecular complexity index is 1130. The molecule has 0 atom stereocenters. The number of ether oxygens (including phenoxy) is 1. The summed E-state index contributed by atoms with van der Waals surface area (Å²) in [5.74, 6) is -0.394. The van der Waals surface area contributed by atoms with Gasteiger partial charge in [-0.25, -0.2) is 4.39 Å². The summed E-state index contributed by atoms with van der Waals surface area (Å²) in [4.78, 5) is 33.5. The Kier molecular flexibility index (Phi) is 12.3. The van der Waals surface area contributed by atoms with Crippen LogP contribution < -0.4 is 0 Å². The molecule has 0 spiro atoms. The van der Waals surface area contributed by atoms with Crippen molar-refractivity contribution in [3.8, 4) is 0 Å². The van der Waals surface area contributed by atoms with E-state index in [-0.39, 0.29) is 24.2 Å². The van der Waals surface area contributed by atoms with Gasteiger partial charge in [-0.1, -0.05) is 62.9 Å². The summed E-state index contributed by atoms with van der Waals surface area (Å²) in [5, 5.41) is 1.14. The standard InChI is InChI=1S/C31H42FN3O3/c1-3-4-5-6-7-13-30(36)34(19-10-21-38-2)24-31(37)35(23-25-14-16-27(32)17-15-25)20-18-26-22-33-29-12-9-8-11-28(26)29/h8-9,11-12,14-17,22,33H,3-7,10,13,18-21,23-24H2,1-2H3. The average Bonchev–Trinajstić information content (AvgIpc) is 3.34. The van der Waals surface area contributed by atoms with Crippen molar-refractivity contribution in [2.75, 3.05) is 33.4 Å². The van der Waals surface area contributed by atoms with Gasteiger partial charge < -0.3 is 19.5 Å². The number of carbonyl (C=O) groups is 2. The molecule has 3 rings (SSSR count). The summed E-state index contributed by atoms with van der Waals surface area (Å²) in [6.45, 7) is 4.08. The van der Waals surface area contributed by atoms with E-state index in [1.165, 1.54) is 18.6 Å². The number of rotatable bonds is 17. The highest BCUT2D eigenvalue weighted by molar-refractivity contribution is 5.85. The number of amides is 2. The number of aromatic nitrogens is 1. The van der Waals surface area contributed by atoms with Crippen LogP contribution in [0.15, 0.2) is 54.7 Å². The molecular formula is C31H42FN3O3. The first-order valence-electron chi connectivity index (χ1n) is 13.9. The zero-order valence-corrected chi connectivity index (χ0v) is 22.9. The zero-order chi connectivity index (χ0) is 27.2. The van der Waals surface area contributed by atoms with Crippen molar-refractivity contribution in [3.63, 3.8) is 0 Å². The van der Waals surface area contributed by atoms with Crippen LogP contribution in [0.25, 0.3) is 10.9 Å². The molecule has 1 N–H and O–H groups in total. The van der Waals surface area contributed by atoms with Gasteiger partial charge in [0.25, 0.3) is 0 Å². The number of nitrogens with zero attached hydrogens (tertiary/aromatic N) is 2. The molecule has 38 heavy (non-hydrogen) atoms. The topological polar surface area (TPSA) is 65.6 Å². The lowest BCUT2D eigenvalue weighted by Crippen LogP contribution is -2.44. The molecule has 1 heterocycles. The molecule has 3 aromatic rings. The van der Waals surface area contributed by atoms with Crippen LogP contribution in [0.2, 0.25) is 0 Å². The highest BCUT2D eigenvalue weighted by atomic mass is 19.1. The first kappa shape index (κ1) is 29.4. The molecule has 7 heteroatoms. The van der Waals surface area contributed by atoms with Crippen molar-refractivity contribution in [3.05, 3.63) is 71.7 Å². The summed E-state index contributed by atoms with van der Waals surface area (Å²) in [6.07, 6.45) is 9.14. The molecule has 2 amide bonds. The predicted octanol–water partition coefficient (Wildman–Crippen LogP) is 6.10. The van der Waals surface area contributed by atoms with Gasteiger partial charge in [0, 0.05) is 56.9 Å². The number of fused-ring (bicyclic) bond motifs is 1. The van der Waals surface area contributed by atoms with Crippen molar-refractivity contribution in [1.29, 1.82) is 0 Å². The van der Waals surface area contributed by atoms with Crippen LogP contribution in [-0.2, 0) is 27.3 Å². The number of hydrogen-bond acceptors (Lipinski definition) is 3. The van der Waals surface area contributed by atoms with E-state index < -0.39 is 0 Å². The van der Waals surface area contributed by atoms with Crippen molar-refractivity contribution < 1.29 is 18.7 Å². The molecule has 6 nitrogen and oxygen atoms in total. The van der Waals surface area contributed by atoms with E-state index in [4.69, 9.17) is 4.74 Å². The van der Waals surface area contributed by atoms with Gasteiger partial charge in [0.15, 0.2) is 0 Å². The lowest BCUT2D eigenvalue weighted by Gasteiger charge is -2.28. The van der Waals surface area contributed by atoms with Gasteiger partial charge in [0.1, 0.15) is 5.82 Å². The summed E-state index contributed by atoms with van der Waals surface area (Å²) in [6, 6.07) is 14.3. The van der Waals surface area contributed by atoms with E-state index in [1.807, 2.05) is 24.4 Å². The maximum atomic E-state index is 13.6. The number of halogens is 1. The van der Waals surface area contributed by atoms with E-state index in [1.54, 1.807) is 29.0 Å². The van der Waals surface area contributed by atoms with Crippen LogP contribution in [0.1, 0.15) is 63.0 Å². The molecule has 0 unspecified atom stereocenters. The van der Waals surface area contributed by atoms with Gasteiger partial charge in [-0.3, -0.25) is 9.59 Å². The Hall–Kier alpha value is -3.19. The van der Waals surface area contributed by atoms with E-state index in [2.05, 4.69) is 18.0 Å². The van der Waals surface area contributed by atoms with Gasteiger partial charge >= 0.3 is 0 Å². The number of H-pyrrole nitrogens is 1. The third kappa shape index (κ3) is 9.28. The highest BCUT2D eigenvalue weighted by Gasteiger charge is 2.22. The maximum Gasteiger partial charge on any atom is 0.242 e. The first-order valence-corrected chi connectivity index (χ1v) is 13.9. The first-order chi connectivity index (χ1) is 18.5. The Morgan fingerprint density at radius 3 is 2.42 bits per heavy atom. The number of nitrogens with one attached hydrogen (secondary N) is 1. The summed E-state index contributed by atoms with van der Waals surface area (Å²) < 4.78 is 18.7. The highest BCUT2D eigenvalue weighted by Crippen LogP contribution is 2.19. The minimum absolute atomic E-state index is 0.0179. The van der Waals surface area contributed by atoms with Crippen LogP contribution in [0, 0.1) is 5.82 Å². The second-order valence-corrected chi connectivity index (χ2v) is 9.88. The molecule has 206 valence electrons. The van der Waals surface area contributed by atoms with E-state index in [0.717, 1.165) is 47.7 Å². The minimum atomic E-state index is -0.306. The number of unbranched alkanes of at least 4 members (excludes halogenated alkanes) is 4. The summed E-state index contributed by atoms with van der Waals surface area (Å²) >= 11 is 0. The van der Waals surface area contributed by atoms with Gasteiger partial charge in [-0.05, 0) is 48.6 Å². The fourth-order valence-corrected chi connectivity index (χ4v) is 4.69. The number of hydrogen-bond donors (Lipinski definition) is 1. The molecule has 0 radical (unpaired) electrons. The molecule has 1 aromatic heterocycles. The Balaban J connectivity index is 1.70. The molecule has 2 aromatic carbocycles. The van der Waals surface area contributed by atoms with E-state index >= 15 is 0 Å². The number of para-hydroxylation sites is 1. The summed E-state index contributed by atoms with van der Waals surface area (Å²) in [5.41, 5.74) is 3.05. The number of carbonyl (C=O) groups excluding carboxylic acids is 2. The number of methoxy groups -OCH3 is 1. The SMILES string of the molecule is CCCCCCCC(=O)N(CCCOC)CC(=O)N(CCc1c[nH]c2ccccc12)Cc1ccc(F)cc1. The normalized spacial score (nSPS) is 11.1. The third-order valence-electron chi connectivity index (χ3n) is 6.91. The molecule has 0 aliphatic carbocycles. The van der Waals surface area contributed by atoms with Crippen molar-refractivity contribution in [2.45, 2.75) is 64.8 Å². The van der Waals surface area contributed by atoms with Crippen LogP contribution in [0.4, 0.5) is 4.39 Å². The lowest BCUT2D eigenvalue weighted by molar-refractivity contribution is -0.141. The monoisotopic (exact) mass is 523 g/mol. The van der Waals surface area contributed by atoms with E-state index in [9.17, 15) is 14.0 Å². The van der Waals surface area contributed by atoms with Crippen molar-refractivity contribution >= 4 is 22.7 Å². The second kappa shape index (κ2) is 15.9. The smallest absolute Gasteiger partial charge is 0.242 e.